The Morgan fingerprint density at radius 3 is 1.56 bits per heavy atom. The van der Waals surface area contributed by atoms with Crippen LogP contribution in [0.15, 0.2) is 45.3 Å². The van der Waals surface area contributed by atoms with Gasteiger partial charge < -0.3 is 0 Å². The fraction of sp³-hybridized carbons (Fsp3) is 0. The van der Waals surface area contributed by atoms with Crippen LogP contribution >= 0.6 is 31.9 Å². The molecule has 0 N–H and O–H groups in total. The highest BCUT2D eigenvalue weighted by Gasteiger charge is 2.05. The van der Waals surface area contributed by atoms with E-state index in [0.717, 1.165) is 20.1 Å². The Labute approximate surface area is 122 Å². The zero-order valence-corrected chi connectivity index (χ0v) is 12.3. The Hall–Kier alpha value is -1.62. The van der Waals surface area contributed by atoms with Gasteiger partial charge in [0.2, 0.25) is 0 Å². The normalized spacial score (nSPS) is 9.56. The van der Waals surface area contributed by atoms with Gasteiger partial charge in [-0.25, -0.2) is 0 Å². The van der Waals surface area contributed by atoms with Crippen molar-refractivity contribution < 1.29 is 0 Å². The third-order valence-corrected chi connectivity index (χ3v) is 3.30. The maximum atomic E-state index is 8.96. The summed E-state index contributed by atoms with van der Waals surface area (Å²) in [5.74, 6) is 0. The fourth-order valence-corrected chi connectivity index (χ4v) is 2.94. The van der Waals surface area contributed by atoms with Crippen molar-refractivity contribution in [3.8, 4) is 23.3 Å². The van der Waals surface area contributed by atoms with Gasteiger partial charge in [0.1, 0.15) is 0 Å². The van der Waals surface area contributed by atoms with Crippen molar-refractivity contribution in [2.45, 2.75) is 0 Å². The minimum Gasteiger partial charge on any atom is -0.192 e. The van der Waals surface area contributed by atoms with Crippen molar-refractivity contribution in [1.82, 2.24) is 0 Å². The molecule has 0 spiro atoms. The zero-order chi connectivity index (χ0) is 13.1. The van der Waals surface area contributed by atoms with Crippen molar-refractivity contribution in [3.05, 3.63) is 56.5 Å². The van der Waals surface area contributed by atoms with Crippen LogP contribution in [0.4, 0.5) is 0 Å². The number of nitrogens with zero attached hydrogens (tertiary/aromatic N) is 2. The number of nitriles is 2. The summed E-state index contributed by atoms with van der Waals surface area (Å²) in [7, 11) is 0. The van der Waals surface area contributed by atoms with Gasteiger partial charge in [-0.05, 0) is 47.5 Å². The Morgan fingerprint density at radius 2 is 1.11 bits per heavy atom. The molecule has 0 fully saturated rings. The molecule has 2 rings (SSSR count). The van der Waals surface area contributed by atoms with E-state index in [1.807, 2.05) is 18.2 Å². The molecule has 2 aromatic carbocycles. The van der Waals surface area contributed by atoms with Gasteiger partial charge in [-0.1, -0.05) is 31.9 Å². The maximum Gasteiger partial charge on any atom is 0.0992 e. The molecule has 0 amide bonds. The molecule has 0 aliphatic heterocycles. The molecular formula is C14H6Br2N2. The van der Waals surface area contributed by atoms with Crippen molar-refractivity contribution in [2.24, 2.45) is 0 Å². The minimum atomic E-state index is 0.486. The van der Waals surface area contributed by atoms with Gasteiger partial charge in [-0.15, -0.1) is 0 Å². The highest BCUT2D eigenvalue weighted by molar-refractivity contribution is 9.11. The summed E-state index contributed by atoms with van der Waals surface area (Å²) >= 11 is 6.84. The Kier molecular flexibility index (Phi) is 3.81. The van der Waals surface area contributed by atoms with Crippen LogP contribution in [0.3, 0.4) is 0 Å². The van der Waals surface area contributed by atoms with E-state index in [1.165, 1.54) is 0 Å². The van der Waals surface area contributed by atoms with Crippen LogP contribution in [0.1, 0.15) is 11.1 Å². The maximum absolute atomic E-state index is 8.96. The van der Waals surface area contributed by atoms with Crippen LogP contribution in [0.25, 0.3) is 11.1 Å². The third kappa shape index (κ3) is 2.79. The molecule has 0 radical (unpaired) electrons. The van der Waals surface area contributed by atoms with E-state index in [4.69, 9.17) is 10.5 Å². The van der Waals surface area contributed by atoms with Crippen LogP contribution in [-0.4, -0.2) is 0 Å². The van der Waals surface area contributed by atoms with Crippen molar-refractivity contribution >= 4 is 31.9 Å². The Morgan fingerprint density at radius 1 is 0.667 bits per heavy atom. The van der Waals surface area contributed by atoms with E-state index in [-0.39, 0.29) is 0 Å². The molecule has 86 valence electrons. The summed E-state index contributed by atoms with van der Waals surface area (Å²) in [6, 6.07) is 15.1. The Bertz CT molecular complexity index is 641. The summed E-state index contributed by atoms with van der Waals surface area (Å²) in [6.07, 6.45) is 0. The molecule has 0 aromatic heterocycles. The number of hydrogen-bond acceptors (Lipinski definition) is 2. The predicted octanol–water partition coefficient (Wildman–Crippen LogP) is 4.62. The lowest BCUT2D eigenvalue weighted by molar-refractivity contribution is 1.44. The molecule has 18 heavy (non-hydrogen) atoms. The van der Waals surface area contributed by atoms with E-state index in [2.05, 4.69) is 44.0 Å². The number of hydrogen-bond donors (Lipinski definition) is 0. The first-order valence-corrected chi connectivity index (χ1v) is 6.63. The molecule has 0 bridgehead atoms. The molecule has 2 nitrogen and oxygen atoms in total. The van der Waals surface area contributed by atoms with E-state index in [9.17, 15) is 0 Å². The van der Waals surface area contributed by atoms with Crippen molar-refractivity contribution in [2.75, 3.05) is 0 Å². The lowest BCUT2D eigenvalue weighted by Gasteiger charge is -2.05. The standard InChI is InChI=1S/C14H6Br2N2/c15-13-4-12(5-14(16)6-13)11-2-9(7-17)1-10(3-11)8-18/h1-6H. The second-order valence-corrected chi connectivity index (χ2v) is 5.51. The molecule has 0 heterocycles. The average Bonchev–Trinajstić information content (AvgIpc) is 2.37. The summed E-state index contributed by atoms with van der Waals surface area (Å²) in [6.45, 7) is 0. The lowest BCUT2D eigenvalue weighted by Crippen LogP contribution is -1.85. The summed E-state index contributed by atoms with van der Waals surface area (Å²) in [5, 5.41) is 17.9. The number of rotatable bonds is 1. The predicted molar refractivity (Wildman–Crippen MR) is 76.7 cm³/mol. The van der Waals surface area contributed by atoms with Crippen LogP contribution in [0.5, 0.6) is 0 Å². The van der Waals surface area contributed by atoms with Crippen LogP contribution < -0.4 is 0 Å². The van der Waals surface area contributed by atoms with E-state index in [0.29, 0.717) is 11.1 Å². The first-order valence-electron chi connectivity index (χ1n) is 5.04. The van der Waals surface area contributed by atoms with E-state index < -0.39 is 0 Å². The van der Waals surface area contributed by atoms with Gasteiger partial charge in [0.15, 0.2) is 0 Å². The smallest absolute Gasteiger partial charge is 0.0992 e. The lowest BCUT2D eigenvalue weighted by atomic mass is 10.0. The van der Waals surface area contributed by atoms with Gasteiger partial charge in [0.05, 0.1) is 23.3 Å². The van der Waals surface area contributed by atoms with Crippen LogP contribution in [0.2, 0.25) is 0 Å². The first-order chi connectivity index (χ1) is 8.62. The van der Waals surface area contributed by atoms with Crippen LogP contribution in [0, 0.1) is 22.7 Å². The molecule has 2 aromatic rings. The van der Waals surface area contributed by atoms with Crippen molar-refractivity contribution in [3.63, 3.8) is 0 Å². The molecule has 0 atom stereocenters. The van der Waals surface area contributed by atoms with Gasteiger partial charge in [-0.3, -0.25) is 0 Å². The second kappa shape index (κ2) is 5.35. The molecule has 4 heteroatoms. The molecule has 0 saturated carbocycles. The second-order valence-electron chi connectivity index (χ2n) is 3.68. The van der Waals surface area contributed by atoms with Crippen molar-refractivity contribution in [1.29, 1.82) is 10.5 Å². The topological polar surface area (TPSA) is 47.6 Å². The molecule has 0 aliphatic rings. The van der Waals surface area contributed by atoms with Gasteiger partial charge in [0, 0.05) is 8.95 Å². The summed E-state index contributed by atoms with van der Waals surface area (Å²) < 4.78 is 1.88. The van der Waals surface area contributed by atoms with Gasteiger partial charge in [0.25, 0.3) is 0 Å². The van der Waals surface area contributed by atoms with Gasteiger partial charge in [-0.2, -0.15) is 10.5 Å². The molecule has 0 aliphatic carbocycles. The zero-order valence-electron chi connectivity index (χ0n) is 9.11. The monoisotopic (exact) mass is 360 g/mol. The quantitative estimate of drug-likeness (QED) is 0.743. The average molecular weight is 362 g/mol. The SMILES string of the molecule is N#Cc1cc(C#N)cc(-c2cc(Br)cc(Br)c2)c1. The largest absolute Gasteiger partial charge is 0.192 e. The van der Waals surface area contributed by atoms with Gasteiger partial charge >= 0.3 is 0 Å². The van der Waals surface area contributed by atoms with E-state index in [1.54, 1.807) is 18.2 Å². The van der Waals surface area contributed by atoms with Crippen LogP contribution in [-0.2, 0) is 0 Å². The number of benzene rings is 2. The molecular weight excluding hydrogens is 356 g/mol. The Balaban J connectivity index is 2.64. The summed E-state index contributed by atoms with van der Waals surface area (Å²) in [5.41, 5.74) is 2.78. The third-order valence-electron chi connectivity index (χ3n) is 2.39. The number of halogens is 2. The summed E-state index contributed by atoms with van der Waals surface area (Å²) in [4.78, 5) is 0. The highest BCUT2D eigenvalue weighted by atomic mass is 79.9. The molecule has 0 unspecified atom stereocenters. The molecule has 0 saturated heterocycles. The first kappa shape index (κ1) is 12.8. The highest BCUT2D eigenvalue weighted by Crippen LogP contribution is 2.28. The van der Waals surface area contributed by atoms with E-state index >= 15 is 0 Å². The minimum absolute atomic E-state index is 0.486. The fourth-order valence-electron chi connectivity index (χ4n) is 1.64.